The van der Waals surface area contributed by atoms with E-state index in [0.717, 1.165) is 44.9 Å². The number of esters is 2. The predicted molar refractivity (Wildman–Crippen MR) is 121 cm³/mol. The number of hydrogen-bond donors (Lipinski definition) is 0. The third kappa shape index (κ3) is 14.3. The van der Waals surface area contributed by atoms with Crippen LogP contribution in [0.15, 0.2) is 11.1 Å². The topological polar surface area (TPSA) is 52.6 Å². The molecular formula is C25H46O4. The van der Waals surface area contributed by atoms with Gasteiger partial charge in [-0.25, -0.2) is 9.59 Å². The molecule has 0 radical (unpaired) electrons. The molecule has 0 N–H and O–H groups in total. The lowest BCUT2D eigenvalue weighted by Crippen LogP contribution is -2.18. The van der Waals surface area contributed by atoms with E-state index in [1.165, 1.54) is 38.5 Å². The first kappa shape index (κ1) is 27.7. The van der Waals surface area contributed by atoms with E-state index in [1.807, 2.05) is 13.8 Å². The van der Waals surface area contributed by atoms with Crippen LogP contribution < -0.4 is 0 Å². The van der Waals surface area contributed by atoms with E-state index < -0.39 is 0 Å². The summed E-state index contributed by atoms with van der Waals surface area (Å²) in [5.74, 6) is -0.652. The van der Waals surface area contributed by atoms with Crippen molar-refractivity contribution in [3.05, 3.63) is 11.1 Å². The molecule has 0 bridgehead atoms. The average molecular weight is 411 g/mol. The molecule has 0 aromatic heterocycles. The summed E-state index contributed by atoms with van der Waals surface area (Å²) in [4.78, 5) is 25.4. The fourth-order valence-electron chi connectivity index (χ4n) is 3.30. The molecule has 29 heavy (non-hydrogen) atoms. The first-order valence-corrected chi connectivity index (χ1v) is 12.2. The summed E-state index contributed by atoms with van der Waals surface area (Å²) in [5, 5.41) is 0. The minimum absolute atomic E-state index is 0.324. The van der Waals surface area contributed by atoms with Crippen LogP contribution in [-0.4, -0.2) is 25.2 Å². The van der Waals surface area contributed by atoms with Crippen LogP contribution in [0.2, 0.25) is 0 Å². The third-order valence-corrected chi connectivity index (χ3v) is 5.04. The first-order valence-electron chi connectivity index (χ1n) is 12.2. The molecular weight excluding hydrogens is 364 g/mol. The van der Waals surface area contributed by atoms with Gasteiger partial charge in [0.05, 0.1) is 13.2 Å². The maximum atomic E-state index is 12.7. The molecule has 0 aromatic rings. The van der Waals surface area contributed by atoms with E-state index in [4.69, 9.17) is 9.47 Å². The van der Waals surface area contributed by atoms with Crippen molar-refractivity contribution in [2.75, 3.05) is 13.2 Å². The van der Waals surface area contributed by atoms with Crippen LogP contribution in [0.5, 0.6) is 0 Å². The van der Waals surface area contributed by atoms with Gasteiger partial charge < -0.3 is 9.47 Å². The number of unbranched alkanes of at least 4 members (excludes halogenated alkanes) is 9. The molecule has 0 unspecified atom stereocenters. The summed E-state index contributed by atoms with van der Waals surface area (Å²) in [7, 11) is 0. The van der Waals surface area contributed by atoms with Gasteiger partial charge >= 0.3 is 11.9 Å². The van der Waals surface area contributed by atoms with Crippen molar-refractivity contribution in [2.24, 2.45) is 0 Å². The van der Waals surface area contributed by atoms with Gasteiger partial charge in [0.25, 0.3) is 0 Å². The van der Waals surface area contributed by atoms with Crippen molar-refractivity contribution in [1.82, 2.24) is 0 Å². The summed E-state index contributed by atoms with van der Waals surface area (Å²) in [6.45, 7) is 9.11. The zero-order valence-corrected chi connectivity index (χ0v) is 19.7. The molecule has 4 nitrogen and oxygen atoms in total. The van der Waals surface area contributed by atoms with Crippen LogP contribution in [0.3, 0.4) is 0 Å². The molecule has 170 valence electrons. The average Bonchev–Trinajstić information content (AvgIpc) is 2.73. The van der Waals surface area contributed by atoms with Gasteiger partial charge in [0.15, 0.2) is 0 Å². The highest BCUT2D eigenvalue weighted by Crippen LogP contribution is 2.23. The second-order valence-electron chi connectivity index (χ2n) is 7.91. The number of hydrogen-bond acceptors (Lipinski definition) is 4. The number of ether oxygens (including phenoxy) is 2. The molecule has 0 aromatic carbocycles. The van der Waals surface area contributed by atoms with Crippen molar-refractivity contribution in [1.29, 1.82) is 0 Å². The highest BCUT2D eigenvalue weighted by atomic mass is 16.5. The Labute approximate surface area is 179 Å². The van der Waals surface area contributed by atoms with Gasteiger partial charge in [-0.3, -0.25) is 0 Å². The SMILES string of the molecule is CCCCCCCCCCC(C(=O)OCCC)=C(CCCCC)C(=O)OCCC. The van der Waals surface area contributed by atoms with Gasteiger partial charge in [0.2, 0.25) is 0 Å². The fourth-order valence-corrected chi connectivity index (χ4v) is 3.30. The van der Waals surface area contributed by atoms with Crippen LogP contribution in [-0.2, 0) is 19.1 Å². The normalized spacial score (nSPS) is 11.9. The van der Waals surface area contributed by atoms with Gasteiger partial charge in [0, 0.05) is 11.1 Å². The van der Waals surface area contributed by atoms with E-state index in [9.17, 15) is 9.59 Å². The van der Waals surface area contributed by atoms with Crippen LogP contribution in [0.4, 0.5) is 0 Å². The maximum absolute atomic E-state index is 12.7. The van der Waals surface area contributed by atoms with Gasteiger partial charge in [-0.2, -0.15) is 0 Å². The Hall–Kier alpha value is -1.32. The molecule has 0 fully saturated rings. The van der Waals surface area contributed by atoms with Crippen molar-refractivity contribution in [2.45, 2.75) is 124 Å². The number of carbonyl (C=O) groups excluding carboxylic acids is 2. The molecule has 0 saturated carbocycles. The molecule has 0 atom stereocenters. The lowest BCUT2D eigenvalue weighted by Gasteiger charge is -2.15. The summed E-state index contributed by atoms with van der Waals surface area (Å²) < 4.78 is 10.8. The van der Waals surface area contributed by atoms with Crippen LogP contribution >= 0.6 is 0 Å². The number of rotatable bonds is 19. The zero-order valence-electron chi connectivity index (χ0n) is 19.7. The highest BCUT2D eigenvalue weighted by molar-refractivity contribution is 6.00. The smallest absolute Gasteiger partial charge is 0.334 e. The molecule has 0 aliphatic rings. The Bertz CT molecular complexity index is 454. The second kappa shape index (κ2) is 20.0. The van der Waals surface area contributed by atoms with E-state index in [1.54, 1.807) is 0 Å². The Kier molecular flexibility index (Phi) is 19.1. The second-order valence-corrected chi connectivity index (χ2v) is 7.91. The predicted octanol–water partition coefficient (Wildman–Crippen LogP) is 7.30. The first-order chi connectivity index (χ1) is 14.1. The highest BCUT2D eigenvalue weighted by Gasteiger charge is 2.22. The lowest BCUT2D eigenvalue weighted by atomic mass is 9.96. The molecule has 0 saturated heterocycles. The van der Waals surface area contributed by atoms with Gasteiger partial charge in [-0.05, 0) is 38.5 Å². The van der Waals surface area contributed by atoms with Crippen molar-refractivity contribution in [3.8, 4) is 0 Å². The van der Waals surface area contributed by atoms with E-state index >= 15 is 0 Å². The van der Waals surface area contributed by atoms with Crippen molar-refractivity contribution < 1.29 is 19.1 Å². The molecule has 0 rings (SSSR count). The number of carbonyl (C=O) groups is 2. The Morgan fingerprint density at radius 1 is 0.483 bits per heavy atom. The van der Waals surface area contributed by atoms with Crippen LogP contribution in [0, 0.1) is 0 Å². The molecule has 0 spiro atoms. The molecule has 0 aliphatic heterocycles. The minimum Gasteiger partial charge on any atom is -0.462 e. The zero-order chi connectivity index (χ0) is 21.7. The van der Waals surface area contributed by atoms with Crippen LogP contribution in [0.25, 0.3) is 0 Å². The Balaban J connectivity index is 5.03. The monoisotopic (exact) mass is 410 g/mol. The minimum atomic E-state index is -0.328. The Morgan fingerprint density at radius 3 is 1.24 bits per heavy atom. The quantitative estimate of drug-likeness (QED) is 0.127. The summed E-state index contributed by atoms with van der Waals surface area (Å²) >= 11 is 0. The molecule has 0 aliphatic carbocycles. The molecule has 0 amide bonds. The summed E-state index contributed by atoms with van der Waals surface area (Å²) in [6.07, 6.45) is 15.4. The van der Waals surface area contributed by atoms with Gasteiger partial charge in [-0.15, -0.1) is 0 Å². The van der Waals surface area contributed by atoms with E-state index in [-0.39, 0.29) is 11.9 Å². The standard InChI is InChI=1S/C25H46O4/c1-5-9-11-12-13-14-15-17-19-23(25(27)29-21-8-4)22(18-16-10-6-2)24(26)28-20-7-3/h5-21H2,1-4H3. The maximum Gasteiger partial charge on any atom is 0.334 e. The largest absolute Gasteiger partial charge is 0.462 e. The summed E-state index contributed by atoms with van der Waals surface area (Å²) in [5.41, 5.74) is 1.11. The molecule has 4 heteroatoms. The van der Waals surface area contributed by atoms with E-state index in [2.05, 4.69) is 13.8 Å². The summed E-state index contributed by atoms with van der Waals surface area (Å²) in [6, 6.07) is 0. The van der Waals surface area contributed by atoms with Crippen LogP contribution in [0.1, 0.15) is 124 Å². The van der Waals surface area contributed by atoms with Gasteiger partial charge in [-0.1, -0.05) is 85.5 Å². The van der Waals surface area contributed by atoms with Gasteiger partial charge in [0.1, 0.15) is 0 Å². The molecule has 0 heterocycles. The lowest BCUT2D eigenvalue weighted by molar-refractivity contribution is -0.142. The Morgan fingerprint density at radius 2 is 0.828 bits per heavy atom. The fraction of sp³-hybridized carbons (Fsp3) is 0.840. The van der Waals surface area contributed by atoms with Crippen molar-refractivity contribution >= 4 is 11.9 Å². The van der Waals surface area contributed by atoms with Crippen molar-refractivity contribution in [3.63, 3.8) is 0 Å². The van der Waals surface area contributed by atoms with E-state index in [0.29, 0.717) is 37.2 Å². The third-order valence-electron chi connectivity index (χ3n) is 5.04.